The lowest BCUT2D eigenvalue weighted by Crippen LogP contribution is -2.13. The van der Waals surface area contributed by atoms with E-state index in [1.165, 1.54) is 0 Å². The van der Waals surface area contributed by atoms with Crippen LogP contribution in [0, 0.1) is 5.41 Å². The molecule has 1 rings (SSSR count). The smallest absolute Gasteiger partial charge is 0.0869 e. The summed E-state index contributed by atoms with van der Waals surface area (Å²) in [6.07, 6.45) is 0. The van der Waals surface area contributed by atoms with E-state index in [1.54, 1.807) is 7.11 Å². The zero-order chi connectivity index (χ0) is 10.2. The van der Waals surface area contributed by atoms with Gasteiger partial charge in [0, 0.05) is 7.11 Å². The number of methoxy groups -OCH3 is 1. The number of hydrogen-bond acceptors (Lipinski definition) is 3. The minimum Gasteiger partial charge on any atom is -0.379 e. The van der Waals surface area contributed by atoms with E-state index in [1.807, 2.05) is 30.3 Å². The molecule has 0 aliphatic carbocycles. The Morgan fingerprint density at radius 3 is 2.57 bits per heavy atom. The van der Waals surface area contributed by atoms with Crippen molar-refractivity contribution < 1.29 is 9.47 Å². The molecule has 0 atom stereocenters. The van der Waals surface area contributed by atoms with Crippen LogP contribution in [0.1, 0.15) is 5.56 Å². The van der Waals surface area contributed by atoms with Gasteiger partial charge in [0.15, 0.2) is 0 Å². The maximum atomic E-state index is 7.40. The van der Waals surface area contributed by atoms with Crippen molar-refractivity contribution in [2.45, 2.75) is 6.61 Å². The lowest BCUT2D eigenvalue weighted by atomic mass is 10.2. The monoisotopic (exact) mass is 193 g/mol. The summed E-state index contributed by atoms with van der Waals surface area (Å²) in [5.74, 6) is 0. The van der Waals surface area contributed by atoms with Gasteiger partial charge in [-0.25, -0.2) is 0 Å². The summed E-state index contributed by atoms with van der Waals surface area (Å²) in [7, 11) is 1.58. The van der Waals surface area contributed by atoms with Gasteiger partial charge in [0.25, 0.3) is 0 Å². The first-order chi connectivity index (χ1) is 6.83. The largest absolute Gasteiger partial charge is 0.379 e. The SMILES string of the molecule is COCC(=N)COCc1ccccc1. The van der Waals surface area contributed by atoms with E-state index < -0.39 is 0 Å². The van der Waals surface area contributed by atoms with E-state index in [9.17, 15) is 0 Å². The first kappa shape index (κ1) is 10.9. The van der Waals surface area contributed by atoms with Gasteiger partial charge in [0.05, 0.1) is 25.5 Å². The van der Waals surface area contributed by atoms with Gasteiger partial charge >= 0.3 is 0 Å². The summed E-state index contributed by atoms with van der Waals surface area (Å²) in [4.78, 5) is 0. The van der Waals surface area contributed by atoms with Crippen LogP contribution in [-0.4, -0.2) is 26.0 Å². The zero-order valence-corrected chi connectivity index (χ0v) is 8.32. The highest BCUT2D eigenvalue weighted by atomic mass is 16.5. The van der Waals surface area contributed by atoms with Crippen LogP contribution in [0.4, 0.5) is 0 Å². The van der Waals surface area contributed by atoms with Crippen LogP contribution in [0.15, 0.2) is 30.3 Å². The minimum absolute atomic E-state index is 0.336. The first-order valence-corrected chi connectivity index (χ1v) is 4.50. The standard InChI is InChI=1S/C11H15NO2/c1-13-8-11(12)9-14-7-10-5-3-2-4-6-10/h2-6,12H,7-9H2,1H3. The van der Waals surface area contributed by atoms with Crippen molar-refractivity contribution in [3.63, 3.8) is 0 Å². The summed E-state index contributed by atoms with van der Waals surface area (Å²) in [6.45, 7) is 1.23. The summed E-state index contributed by atoms with van der Waals surface area (Å²) in [5.41, 5.74) is 1.58. The van der Waals surface area contributed by atoms with Gasteiger partial charge in [-0.1, -0.05) is 30.3 Å². The average molecular weight is 193 g/mol. The van der Waals surface area contributed by atoms with Crippen LogP contribution in [-0.2, 0) is 16.1 Å². The Hall–Kier alpha value is -1.19. The summed E-state index contributed by atoms with van der Waals surface area (Å²) in [6, 6.07) is 9.91. The van der Waals surface area contributed by atoms with Gasteiger partial charge < -0.3 is 14.9 Å². The lowest BCUT2D eigenvalue weighted by Gasteiger charge is -2.04. The predicted octanol–water partition coefficient (Wildman–Crippen LogP) is 1.87. The molecule has 0 aromatic heterocycles. The van der Waals surface area contributed by atoms with Gasteiger partial charge in [0.1, 0.15) is 0 Å². The van der Waals surface area contributed by atoms with Crippen molar-refractivity contribution in [1.29, 1.82) is 5.41 Å². The Labute approximate surface area is 84.2 Å². The fraction of sp³-hybridized carbons (Fsp3) is 0.364. The Morgan fingerprint density at radius 2 is 1.93 bits per heavy atom. The Balaban J connectivity index is 2.19. The van der Waals surface area contributed by atoms with Crippen LogP contribution < -0.4 is 0 Å². The second kappa shape index (κ2) is 6.29. The molecule has 0 aliphatic rings. The molecule has 1 N–H and O–H groups in total. The average Bonchev–Trinajstić information content (AvgIpc) is 2.20. The van der Waals surface area contributed by atoms with Crippen molar-refractivity contribution in [2.75, 3.05) is 20.3 Å². The Bertz CT molecular complexity index is 272. The highest BCUT2D eigenvalue weighted by Gasteiger charge is 1.96. The fourth-order valence-corrected chi connectivity index (χ4v) is 1.08. The minimum atomic E-state index is 0.336. The maximum absolute atomic E-state index is 7.40. The number of hydrogen-bond donors (Lipinski definition) is 1. The number of rotatable bonds is 6. The molecule has 14 heavy (non-hydrogen) atoms. The molecule has 0 amide bonds. The molecule has 0 saturated carbocycles. The van der Waals surface area contributed by atoms with Crippen LogP contribution in [0.25, 0.3) is 0 Å². The third-order valence-corrected chi connectivity index (χ3v) is 1.71. The topological polar surface area (TPSA) is 42.3 Å². The number of nitrogens with one attached hydrogen (secondary N) is 1. The van der Waals surface area contributed by atoms with Crippen LogP contribution >= 0.6 is 0 Å². The molecule has 0 fully saturated rings. The second-order valence-electron chi connectivity index (χ2n) is 3.01. The highest BCUT2D eigenvalue weighted by molar-refractivity contribution is 5.83. The van der Waals surface area contributed by atoms with E-state index in [-0.39, 0.29) is 0 Å². The van der Waals surface area contributed by atoms with Gasteiger partial charge in [-0.2, -0.15) is 0 Å². The number of benzene rings is 1. The predicted molar refractivity (Wildman–Crippen MR) is 55.7 cm³/mol. The van der Waals surface area contributed by atoms with Gasteiger partial charge in [-0.15, -0.1) is 0 Å². The Kier molecular flexibility index (Phi) is 4.89. The Morgan fingerprint density at radius 1 is 1.21 bits per heavy atom. The molecule has 0 aliphatic heterocycles. The van der Waals surface area contributed by atoms with Crippen LogP contribution in [0.5, 0.6) is 0 Å². The van der Waals surface area contributed by atoms with Crippen molar-refractivity contribution in [3.8, 4) is 0 Å². The van der Waals surface area contributed by atoms with Crippen LogP contribution in [0.2, 0.25) is 0 Å². The normalized spacial score (nSPS) is 10.1. The van der Waals surface area contributed by atoms with E-state index in [0.29, 0.717) is 25.5 Å². The third kappa shape index (κ3) is 4.16. The van der Waals surface area contributed by atoms with E-state index >= 15 is 0 Å². The fourth-order valence-electron chi connectivity index (χ4n) is 1.08. The van der Waals surface area contributed by atoms with E-state index in [0.717, 1.165) is 5.56 Å². The molecule has 0 unspecified atom stereocenters. The molecule has 1 aromatic rings. The molecule has 0 saturated heterocycles. The maximum Gasteiger partial charge on any atom is 0.0869 e. The van der Waals surface area contributed by atoms with Crippen molar-refractivity contribution in [2.24, 2.45) is 0 Å². The summed E-state index contributed by atoms with van der Waals surface area (Å²) >= 11 is 0. The third-order valence-electron chi connectivity index (χ3n) is 1.71. The molecule has 3 nitrogen and oxygen atoms in total. The molecule has 0 bridgehead atoms. The van der Waals surface area contributed by atoms with E-state index in [2.05, 4.69) is 0 Å². The zero-order valence-electron chi connectivity index (χ0n) is 8.32. The van der Waals surface area contributed by atoms with Gasteiger partial charge in [0.2, 0.25) is 0 Å². The molecular weight excluding hydrogens is 178 g/mol. The quantitative estimate of drug-likeness (QED) is 0.701. The molecule has 76 valence electrons. The molecular formula is C11H15NO2. The molecule has 0 radical (unpaired) electrons. The number of ether oxygens (including phenoxy) is 2. The van der Waals surface area contributed by atoms with Crippen molar-refractivity contribution >= 4 is 5.71 Å². The first-order valence-electron chi connectivity index (χ1n) is 4.50. The van der Waals surface area contributed by atoms with E-state index in [4.69, 9.17) is 14.9 Å². The molecule has 0 spiro atoms. The summed E-state index contributed by atoms with van der Waals surface area (Å²) in [5, 5.41) is 7.40. The van der Waals surface area contributed by atoms with Crippen molar-refractivity contribution in [3.05, 3.63) is 35.9 Å². The van der Waals surface area contributed by atoms with Gasteiger partial charge in [-0.3, -0.25) is 0 Å². The molecule has 1 aromatic carbocycles. The van der Waals surface area contributed by atoms with Gasteiger partial charge in [-0.05, 0) is 5.56 Å². The summed E-state index contributed by atoms with van der Waals surface area (Å²) < 4.78 is 10.1. The second-order valence-corrected chi connectivity index (χ2v) is 3.01. The highest BCUT2D eigenvalue weighted by Crippen LogP contribution is 2.00. The van der Waals surface area contributed by atoms with Crippen molar-refractivity contribution in [1.82, 2.24) is 0 Å². The van der Waals surface area contributed by atoms with Crippen LogP contribution in [0.3, 0.4) is 0 Å². The molecule has 3 heteroatoms. The lowest BCUT2D eigenvalue weighted by molar-refractivity contribution is 0.150. The molecule has 0 heterocycles.